The van der Waals surface area contributed by atoms with Gasteiger partial charge in [0, 0.05) is 9.75 Å². The van der Waals surface area contributed by atoms with Crippen LogP contribution in [0.2, 0.25) is 0 Å². The number of aromatic amines is 1. The van der Waals surface area contributed by atoms with E-state index in [9.17, 15) is 9.59 Å². The number of ether oxygens (including phenoxy) is 1. The Morgan fingerprint density at radius 1 is 1.28 bits per heavy atom. The van der Waals surface area contributed by atoms with Gasteiger partial charge >= 0.3 is 5.97 Å². The highest BCUT2D eigenvalue weighted by Gasteiger charge is 2.20. The lowest BCUT2D eigenvalue weighted by atomic mass is 10.2. The van der Waals surface area contributed by atoms with Gasteiger partial charge in [0.05, 0.1) is 5.39 Å². The Bertz CT molecular complexity index is 1010. The monoisotopic (exact) mass is 376 g/mol. The fourth-order valence-electron chi connectivity index (χ4n) is 2.71. The third-order valence-corrected chi connectivity index (χ3v) is 6.50. The van der Waals surface area contributed by atoms with Crippen LogP contribution < -0.4 is 5.56 Å². The minimum absolute atomic E-state index is 0.190. The van der Waals surface area contributed by atoms with Crippen LogP contribution in [0.5, 0.6) is 0 Å². The van der Waals surface area contributed by atoms with Crippen molar-refractivity contribution in [3.05, 3.63) is 48.0 Å². The Balaban J connectivity index is 1.87. The van der Waals surface area contributed by atoms with Gasteiger partial charge in [-0.2, -0.15) is 0 Å². The van der Waals surface area contributed by atoms with Gasteiger partial charge in [0.25, 0.3) is 5.56 Å². The molecular weight excluding hydrogens is 356 g/mol. The maximum Gasteiger partial charge on any atom is 0.349 e. The first kappa shape index (κ1) is 17.8. The van der Waals surface area contributed by atoms with Crippen molar-refractivity contribution in [2.75, 3.05) is 0 Å². The van der Waals surface area contributed by atoms with Crippen molar-refractivity contribution in [1.29, 1.82) is 0 Å². The van der Waals surface area contributed by atoms with Gasteiger partial charge in [-0.05, 0) is 51.3 Å². The van der Waals surface area contributed by atoms with Crippen LogP contribution in [0.1, 0.15) is 56.3 Å². The first-order valence-electron chi connectivity index (χ1n) is 8.12. The zero-order chi connectivity index (χ0) is 18.3. The van der Waals surface area contributed by atoms with Gasteiger partial charge in [-0.25, -0.2) is 9.78 Å². The minimum Gasteiger partial charge on any atom is -0.450 e. The molecule has 0 fully saturated rings. The Labute approximate surface area is 153 Å². The highest BCUT2D eigenvalue weighted by Crippen LogP contribution is 2.28. The summed E-state index contributed by atoms with van der Waals surface area (Å²) in [6, 6.07) is 1.88. The van der Waals surface area contributed by atoms with Crippen LogP contribution in [0.4, 0.5) is 0 Å². The van der Waals surface area contributed by atoms with Gasteiger partial charge in [0.15, 0.2) is 11.9 Å². The summed E-state index contributed by atoms with van der Waals surface area (Å²) in [5.74, 6) is -0.0160. The number of nitrogens with one attached hydrogen (secondary N) is 1. The summed E-state index contributed by atoms with van der Waals surface area (Å²) < 4.78 is 5.52. The number of hydrogen-bond donors (Lipinski definition) is 1. The molecular formula is C18H20N2O3S2. The average molecular weight is 377 g/mol. The molecule has 1 atom stereocenters. The van der Waals surface area contributed by atoms with E-state index < -0.39 is 6.10 Å². The smallest absolute Gasteiger partial charge is 0.349 e. The van der Waals surface area contributed by atoms with Crippen LogP contribution in [0.3, 0.4) is 0 Å². The number of esters is 1. The third kappa shape index (κ3) is 3.26. The second kappa shape index (κ2) is 6.72. The largest absolute Gasteiger partial charge is 0.450 e. The van der Waals surface area contributed by atoms with Crippen molar-refractivity contribution in [2.24, 2.45) is 0 Å². The SMILES string of the molecule is CCc1cc(C(=O)O[C@@H](C)c2nc3sc(C)c(C)c3c(=O)[nH]2)sc1C. The molecule has 3 heterocycles. The van der Waals surface area contributed by atoms with Gasteiger partial charge in [0.1, 0.15) is 9.71 Å². The lowest BCUT2D eigenvalue weighted by Crippen LogP contribution is -2.17. The zero-order valence-corrected chi connectivity index (χ0v) is 16.5. The molecule has 0 unspecified atom stereocenters. The van der Waals surface area contributed by atoms with Crippen molar-refractivity contribution < 1.29 is 9.53 Å². The van der Waals surface area contributed by atoms with E-state index in [1.165, 1.54) is 22.7 Å². The fourth-order valence-corrected chi connectivity index (χ4v) is 4.74. The van der Waals surface area contributed by atoms with Crippen LogP contribution in [0.15, 0.2) is 10.9 Å². The first-order valence-corrected chi connectivity index (χ1v) is 9.75. The summed E-state index contributed by atoms with van der Waals surface area (Å²) >= 11 is 2.91. The van der Waals surface area contributed by atoms with E-state index in [1.54, 1.807) is 6.92 Å². The molecule has 7 heteroatoms. The first-order chi connectivity index (χ1) is 11.8. The molecule has 0 aliphatic heterocycles. The van der Waals surface area contributed by atoms with Crippen LogP contribution in [0.25, 0.3) is 10.2 Å². The molecule has 0 aromatic carbocycles. The minimum atomic E-state index is -0.625. The quantitative estimate of drug-likeness (QED) is 0.683. The second-order valence-corrected chi connectivity index (χ2v) is 8.47. The Kier molecular flexibility index (Phi) is 4.79. The van der Waals surface area contributed by atoms with Crippen molar-refractivity contribution in [3.63, 3.8) is 0 Å². The third-order valence-electron chi connectivity index (χ3n) is 4.33. The molecule has 0 spiro atoms. The number of carbonyl (C=O) groups excluding carboxylic acids is 1. The van der Waals surface area contributed by atoms with Crippen molar-refractivity contribution in [3.8, 4) is 0 Å². The summed E-state index contributed by atoms with van der Waals surface area (Å²) in [5, 5.41) is 0.617. The number of fused-ring (bicyclic) bond motifs is 1. The predicted octanol–water partition coefficient (Wildman–Crippen LogP) is 4.45. The van der Waals surface area contributed by atoms with E-state index in [1.807, 2.05) is 26.8 Å². The summed E-state index contributed by atoms with van der Waals surface area (Å²) in [5.41, 5.74) is 1.91. The van der Waals surface area contributed by atoms with Gasteiger partial charge in [-0.15, -0.1) is 22.7 Å². The van der Waals surface area contributed by atoms with E-state index in [0.29, 0.717) is 20.9 Å². The lowest BCUT2D eigenvalue weighted by Gasteiger charge is -2.11. The standard InChI is InChI=1S/C18H20N2O3S2/c1-6-12-7-13(24-11(12)5)18(22)23-9(3)15-19-16(21)14-8(2)10(4)25-17(14)20-15/h7,9H,6H2,1-5H3,(H,19,20,21)/t9-/m0/s1. The highest BCUT2D eigenvalue weighted by molar-refractivity contribution is 7.18. The number of nitrogens with zero attached hydrogens (tertiary/aromatic N) is 1. The fraction of sp³-hybridized carbons (Fsp3) is 0.389. The molecule has 0 saturated heterocycles. The normalized spacial score (nSPS) is 12.5. The molecule has 0 saturated carbocycles. The van der Waals surface area contributed by atoms with Crippen LogP contribution >= 0.6 is 22.7 Å². The van der Waals surface area contributed by atoms with Gasteiger partial charge in [-0.3, -0.25) is 4.79 Å². The summed E-state index contributed by atoms with van der Waals surface area (Å²) in [7, 11) is 0. The van der Waals surface area contributed by atoms with E-state index in [-0.39, 0.29) is 11.5 Å². The number of aryl methyl sites for hydroxylation is 4. The molecule has 0 amide bonds. The van der Waals surface area contributed by atoms with Crippen LogP contribution in [-0.2, 0) is 11.2 Å². The lowest BCUT2D eigenvalue weighted by molar-refractivity contribution is 0.0326. The molecule has 3 aromatic rings. The molecule has 5 nitrogen and oxygen atoms in total. The van der Waals surface area contributed by atoms with E-state index >= 15 is 0 Å². The number of rotatable bonds is 4. The summed E-state index contributed by atoms with van der Waals surface area (Å²) in [6.07, 6.45) is 0.258. The maximum absolute atomic E-state index is 12.4. The molecule has 0 bridgehead atoms. The molecule has 0 aliphatic rings. The Hall–Kier alpha value is -1.99. The molecule has 132 valence electrons. The molecule has 3 rings (SSSR count). The van der Waals surface area contributed by atoms with Crippen molar-refractivity contribution in [1.82, 2.24) is 9.97 Å². The molecule has 3 aromatic heterocycles. The van der Waals surface area contributed by atoms with E-state index in [0.717, 1.165) is 27.3 Å². The van der Waals surface area contributed by atoms with Crippen LogP contribution in [-0.4, -0.2) is 15.9 Å². The van der Waals surface area contributed by atoms with Crippen molar-refractivity contribution >= 4 is 38.9 Å². The maximum atomic E-state index is 12.4. The number of thiophene rings is 2. The van der Waals surface area contributed by atoms with Gasteiger partial charge < -0.3 is 9.72 Å². The summed E-state index contributed by atoms with van der Waals surface area (Å²) in [6.45, 7) is 9.66. The highest BCUT2D eigenvalue weighted by atomic mass is 32.1. The zero-order valence-electron chi connectivity index (χ0n) is 14.9. The van der Waals surface area contributed by atoms with Gasteiger partial charge in [0.2, 0.25) is 0 Å². The second-order valence-electron chi connectivity index (χ2n) is 6.01. The molecule has 25 heavy (non-hydrogen) atoms. The number of hydrogen-bond acceptors (Lipinski definition) is 6. The number of aromatic nitrogens is 2. The topological polar surface area (TPSA) is 72.0 Å². The molecule has 0 radical (unpaired) electrons. The van der Waals surface area contributed by atoms with E-state index in [2.05, 4.69) is 16.9 Å². The molecule has 1 N–H and O–H groups in total. The Morgan fingerprint density at radius 2 is 2.00 bits per heavy atom. The van der Waals surface area contributed by atoms with Crippen LogP contribution in [0, 0.1) is 20.8 Å². The average Bonchev–Trinajstić information content (AvgIpc) is 3.07. The Morgan fingerprint density at radius 3 is 2.64 bits per heavy atom. The van der Waals surface area contributed by atoms with E-state index in [4.69, 9.17) is 4.74 Å². The number of carbonyl (C=O) groups is 1. The van der Waals surface area contributed by atoms with Crippen molar-refractivity contribution in [2.45, 2.75) is 47.1 Å². The summed E-state index contributed by atoms with van der Waals surface area (Å²) in [4.78, 5) is 35.4. The van der Waals surface area contributed by atoms with Gasteiger partial charge in [-0.1, -0.05) is 6.92 Å². The predicted molar refractivity (Wildman–Crippen MR) is 102 cm³/mol. The number of H-pyrrole nitrogens is 1. The molecule has 0 aliphatic carbocycles.